The number of hydrogen-bond donors (Lipinski definition) is 1. The van der Waals surface area contributed by atoms with Crippen LogP contribution in [0.4, 0.5) is 10.5 Å². The van der Waals surface area contributed by atoms with Crippen molar-refractivity contribution in [2.24, 2.45) is 11.8 Å². The number of nitrogens with one attached hydrogen (secondary N) is 1. The van der Waals surface area contributed by atoms with Gasteiger partial charge in [-0.1, -0.05) is 30.4 Å². The summed E-state index contributed by atoms with van der Waals surface area (Å²) in [5.74, 6) is 0.864. The molecule has 1 amide bonds. The van der Waals surface area contributed by atoms with Gasteiger partial charge in [-0.2, -0.15) is 0 Å². The van der Waals surface area contributed by atoms with E-state index in [1.54, 1.807) is 0 Å². The van der Waals surface area contributed by atoms with Gasteiger partial charge in [-0.25, -0.2) is 4.79 Å². The van der Waals surface area contributed by atoms with E-state index in [0.717, 1.165) is 13.1 Å². The van der Waals surface area contributed by atoms with E-state index in [-0.39, 0.29) is 12.2 Å². The maximum atomic E-state index is 12.0. The average Bonchev–Trinajstić information content (AvgIpc) is 3.23. The van der Waals surface area contributed by atoms with Crippen LogP contribution in [0.25, 0.3) is 0 Å². The molecular formula is C20H26N2O3. The van der Waals surface area contributed by atoms with Gasteiger partial charge in [0.1, 0.15) is 11.2 Å². The SMILES string of the molecule is CC(C)(C)OC(=O)NCC12C=CC(O1)C1CN(c3ccccc3)CC12. The number of amides is 1. The minimum atomic E-state index is -0.494. The second-order valence-corrected chi connectivity index (χ2v) is 8.26. The molecule has 4 atom stereocenters. The molecule has 1 aromatic carbocycles. The highest BCUT2D eigenvalue weighted by atomic mass is 16.6. The highest BCUT2D eigenvalue weighted by molar-refractivity contribution is 5.68. The average molecular weight is 342 g/mol. The lowest BCUT2D eigenvalue weighted by atomic mass is 9.77. The number of ether oxygens (including phenoxy) is 2. The number of carbonyl (C=O) groups excluding carboxylic acids is 1. The lowest BCUT2D eigenvalue weighted by molar-refractivity contribution is 0.00565. The normalized spacial score (nSPS) is 32.8. The first-order valence-corrected chi connectivity index (χ1v) is 9.00. The Balaban J connectivity index is 1.44. The summed E-state index contributed by atoms with van der Waals surface area (Å²) in [7, 11) is 0. The Hall–Kier alpha value is -2.01. The molecule has 3 heterocycles. The molecule has 25 heavy (non-hydrogen) atoms. The van der Waals surface area contributed by atoms with Gasteiger partial charge in [-0.3, -0.25) is 0 Å². The van der Waals surface area contributed by atoms with E-state index in [1.807, 2.05) is 26.8 Å². The molecule has 1 N–H and O–H groups in total. The van der Waals surface area contributed by atoms with Gasteiger partial charge >= 0.3 is 6.09 Å². The fourth-order valence-electron chi connectivity index (χ4n) is 4.32. The van der Waals surface area contributed by atoms with E-state index in [9.17, 15) is 4.79 Å². The van der Waals surface area contributed by atoms with Gasteiger partial charge < -0.3 is 19.7 Å². The molecule has 0 spiro atoms. The molecule has 3 aliphatic rings. The van der Waals surface area contributed by atoms with Crippen molar-refractivity contribution in [3.05, 3.63) is 42.5 Å². The summed E-state index contributed by atoms with van der Waals surface area (Å²) >= 11 is 0. The lowest BCUT2D eigenvalue weighted by Crippen LogP contribution is -2.48. The fraction of sp³-hybridized carbons (Fsp3) is 0.550. The van der Waals surface area contributed by atoms with Gasteiger partial charge in [0.15, 0.2) is 0 Å². The molecule has 4 unspecified atom stereocenters. The third-order valence-corrected chi connectivity index (χ3v) is 5.37. The highest BCUT2D eigenvalue weighted by Crippen LogP contribution is 2.50. The van der Waals surface area contributed by atoms with E-state index in [4.69, 9.17) is 9.47 Å². The molecule has 5 nitrogen and oxygen atoms in total. The number of hydrogen-bond acceptors (Lipinski definition) is 4. The largest absolute Gasteiger partial charge is 0.444 e. The third-order valence-electron chi connectivity index (χ3n) is 5.37. The van der Waals surface area contributed by atoms with Gasteiger partial charge in [0.25, 0.3) is 0 Å². The first-order chi connectivity index (χ1) is 11.9. The number of fused-ring (bicyclic) bond motifs is 5. The van der Waals surface area contributed by atoms with Crippen LogP contribution in [0.1, 0.15) is 20.8 Å². The molecule has 134 valence electrons. The summed E-state index contributed by atoms with van der Waals surface area (Å²) in [5.41, 5.74) is 0.355. The standard InChI is InChI=1S/C20H26N2O3/c1-19(2,3)25-18(23)21-13-20-10-9-17(24-20)15-11-22(12-16(15)20)14-7-5-4-6-8-14/h4-10,15-17H,11-13H2,1-3H3,(H,21,23). The maximum Gasteiger partial charge on any atom is 0.407 e. The molecule has 3 aliphatic heterocycles. The van der Waals surface area contributed by atoms with Gasteiger partial charge in [0, 0.05) is 30.6 Å². The Morgan fingerprint density at radius 1 is 1.32 bits per heavy atom. The second kappa shape index (κ2) is 5.77. The predicted molar refractivity (Wildman–Crippen MR) is 96.6 cm³/mol. The minimum absolute atomic E-state index is 0.152. The molecule has 4 rings (SSSR count). The highest BCUT2D eigenvalue weighted by Gasteiger charge is 2.59. The van der Waals surface area contributed by atoms with Crippen LogP contribution in [0.3, 0.4) is 0 Å². The Morgan fingerprint density at radius 3 is 2.80 bits per heavy atom. The second-order valence-electron chi connectivity index (χ2n) is 8.26. The van der Waals surface area contributed by atoms with E-state index in [1.165, 1.54) is 5.69 Å². The number of carbonyl (C=O) groups is 1. The van der Waals surface area contributed by atoms with Gasteiger partial charge in [0.05, 0.1) is 12.6 Å². The first kappa shape index (κ1) is 16.5. The topological polar surface area (TPSA) is 50.8 Å². The Kier molecular flexibility index (Phi) is 3.80. The summed E-state index contributed by atoms with van der Waals surface area (Å²) in [6, 6.07) is 10.5. The summed E-state index contributed by atoms with van der Waals surface area (Å²) in [5, 5.41) is 2.91. The summed E-state index contributed by atoms with van der Waals surface area (Å²) in [6.45, 7) is 8.01. The van der Waals surface area contributed by atoms with Crippen LogP contribution in [0.15, 0.2) is 42.5 Å². The molecule has 0 radical (unpaired) electrons. The van der Waals surface area contributed by atoms with Crippen molar-refractivity contribution in [3.63, 3.8) is 0 Å². The smallest absolute Gasteiger partial charge is 0.407 e. The van der Waals surface area contributed by atoms with E-state index in [0.29, 0.717) is 18.4 Å². The van der Waals surface area contributed by atoms with Crippen molar-refractivity contribution in [1.29, 1.82) is 0 Å². The predicted octanol–water partition coefficient (Wildman–Crippen LogP) is 2.97. The molecule has 0 saturated carbocycles. The molecule has 0 aromatic heterocycles. The minimum Gasteiger partial charge on any atom is -0.444 e. The van der Waals surface area contributed by atoms with E-state index in [2.05, 4.69) is 46.6 Å². The quantitative estimate of drug-likeness (QED) is 0.858. The fourth-order valence-corrected chi connectivity index (χ4v) is 4.32. The zero-order chi connectivity index (χ0) is 17.7. The number of anilines is 1. The van der Waals surface area contributed by atoms with Crippen molar-refractivity contribution < 1.29 is 14.3 Å². The van der Waals surface area contributed by atoms with Crippen LogP contribution >= 0.6 is 0 Å². The molecular weight excluding hydrogens is 316 g/mol. The molecule has 2 bridgehead atoms. The van der Waals surface area contributed by atoms with Gasteiger partial charge in [-0.15, -0.1) is 0 Å². The van der Waals surface area contributed by atoms with Crippen molar-refractivity contribution in [2.75, 3.05) is 24.5 Å². The van der Waals surface area contributed by atoms with Crippen molar-refractivity contribution in [2.45, 2.75) is 38.1 Å². The van der Waals surface area contributed by atoms with Crippen LogP contribution in [0.2, 0.25) is 0 Å². The van der Waals surface area contributed by atoms with Crippen LogP contribution in [0.5, 0.6) is 0 Å². The molecule has 1 aromatic rings. The summed E-state index contributed by atoms with van der Waals surface area (Å²) in [6.07, 6.45) is 4.07. The third kappa shape index (κ3) is 3.01. The molecule has 2 saturated heterocycles. The number of para-hydroxylation sites is 1. The molecule has 2 fully saturated rings. The molecule has 5 heteroatoms. The van der Waals surface area contributed by atoms with Crippen LogP contribution in [0, 0.1) is 11.8 Å². The van der Waals surface area contributed by atoms with Crippen molar-refractivity contribution >= 4 is 11.8 Å². The monoisotopic (exact) mass is 342 g/mol. The van der Waals surface area contributed by atoms with Gasteiger partial charge in [0.2, 0.25) is 0 Å². The number of benzene rings is 1. The maximum absolute atomic E-state index is 12.0. The number of alkyl carbamates (subject to hydrolysis) is 1. The van der Waals surface area contributed by atoms with E-state index >= 15 is 0 Å². The Labute approximate surface area is 149 Å². The Bertz CT molecular complexity index is 682. The van der Waals surface area contributed by atoms with Gasteiger partial charge in [-0.05, 0) is 32.9 Å². The van der Waals surface area contributed by atoms with E-state index < -0.39 is 11.2 Å². The van der Waals surface area contributed by atoms with Crippen molar-refractivity contribution in [3.8, 4) is 0 Å². The van der Waals surface area contributed by atoms with Crippen LogP contribution in [-0.2, 0) is 9.47 Å². The number of nitrogens with zero attached hydrogens (tertiary/aromatic N) is 1. The lowest BCUT2D eigenvalue weighted by Gasteiger charge is -2.31. The zero-order valence-electron chi connectivity index (χ0n) is 15.1. The number of rotatable bonds is 3. The molecule has 0 aliphatic carbocycles. The first-order valence-electron chi connectivity index (χ1n) is 9.00. The summed E-state index contributed by atoms with van der Waals surface area (Å²) in [4.78, 5) is 14.5. The van der Waals surface area contributed by atoms with Crippen molar-refractivity contribution in [1.82, 2.24) is 5.32 Å². The van der Waals surface area contributed by atoms with Crippen LogP contribution < -0.4 is 10.2 Å². The summed E-state index contributed by atoms with van der Waals surface area (Å²) < 4.78 is 11.6. The van der Waals surface area contributed by atoms with Crippen LogP contribution in [-0.4, -0.2) is 43.0 Å². The Morgan fingerprint density at radius 2 is 2.08 bits per heavy atom. The zero-order valence-corrected chi connectivity index (χ0v) is 15.1.